The van der Waals surface area contributed by atoms with Gasteiger partial charge in [0.2, 0.25) is 0 Å². The number of aryl methyl sites for hydroxylation is 1. The molecule has 1 fully saturated rings. The van der Waals surface area contributed by atoms with Gasteiger partial charge in [-0.1, -0.05) is 46.8 Å². The molecule has 1 aromatic rings. The predicted octanol–water partition coefficient (Wildman–Crippen LogP) is 4.40. The predicted molar refractivity (Wildman–Crippen MR) is 94.5 cm³/mol. The van der Waals surface area contributed by atoms with Gasteiger partial charge in [0.05, 0.1) is 13.2 Å². The van der Waals surface area contributed by atoms with Gasteiger partial charge in [0.1, 0.15) is 0 Å². The van der Waals surface area contributed by atoms with E-state index < -0.39 is 0 Å². The minimum Gasteiger partial charge on any atom is -0.381 e. The van der Waals surface area contributed by atoms with Crippen LogP contribution < -0.4 is 0 Å². The molecular weight excluding hydrogens is 270 g/mol. The number of benzene rings is 1. The van der Waals surface area contributed by atoms with E-state index in [0.717, 1.165) is 32.1 Å². The largest absolute Gasteiger partial charge is 0.381 e. The van der Waals surface area contributed by atoms with Crippen molar-refractivity contribution in [3.63, 3.8) is 0 Å². The molecule has 0 unspecified atom stereocenters. The molecule has 0 amide bonds. The first-order chi connectivity index (χ1) is 10.7. The molecule has 124 valence electrons. The highest BCUT2D eigenvalue weighted by Gasteiger charge is 2.25. The van der Waals surface area contributed by atoms with Crippen LogP contribution in [0.1, 0.15) is 62.8 Å². The van der Waals surface area contributed by atoms with Crippen LogP contribution in [0.4, 0.5) is 0 Å². The third-order valence-corrected chi connectivity index (χ3v) is 4.78. The van der Waals surface area contributed by atoms with Gasteiger partial charge in [-0.15, -0.1) is 0 Å². The van der Waals surface area contributed by atoms with E-state index in [9.17, 15) is 0 Å². The summed E-state index contributed by atoms with van der Waals surface area (Å²) in [6, 6.07) is 4.97. The van der Waals surface area contributed by atoms with Crippen molar-refractivity contribution in [1.82, 2.24) is 4.90 Å². The molecule has 2 aliphatic heterocycles. The van der Waals surface area contributed by atoms with Gasteiger partial charge < -0.3 is 4.74 Å². The lowest BCUT2D eigenvalue weighted by atomic mass is 9.88. The molecule has 0 N–H and O–H groups in total. The van der Waals surface area contributed by atoms with E-state index in [2.05, 4.69) is 37.8 Å². The molecule has 22 heavy (non-hydrogen) atoms. The van der Waals surface area contributed by atoms with Crippen LogP contribution in [-0.2, 0) is 24.1 Å². The van der Waals surface area contributed by atoms with Crippen LogP contribution in [0.25, 0.3) is 0 Å². The summed E-state index contributed by atoms with van der Waals surface area (Å²) in [4.78, 5) is 2.62. The average molecular weight is 303 g/mol. The first-order valence-corrected chi connectivity index (χ1v) is 9.12. The van der Waals surface area contributed by atoms with E-state index in [4.69, 9.17) is 4.74 Å². The molecule has 1 saturated heterocycles. The molecule has 0 aromatic heterocycles. The monoisotopic (exact) mass is 303 g/mol. The number of rotatable bonds is 4. The third-order valence-electron chi connectivity index (χ3n) is 4.78. The van der Waals surface area contributed by atoms with Crippen LogP contribution in [-0.4, -0.2) is 31.2 Å². The molecule has 3 rings (SSSR count). The first kappa shape index (κ1) is 17.5. The van der Waals surface area contributed by atoms with Gasteiger partial charge >= 0.3 is 0 Å². The SMILES string of the molecule is CC.CCc1cc2c(cc1C(C)C)CCN(CC1COC1)C2. The number of hydrogen-bond donors (Lipinski definition) is 0. The van der Waals surface area contributed by atoms with E-state index in [0.29, 0.717) is 5.92 Å². The molecule has 2 nitrogen and oxygen atoms in total. The molecule has 0 saturated carbocycles. The number of hydrogen-bond acceptors (Lipinski definition) is 2. The Kier molecular flexibility index (Phi) is 6.46. The Labute approximate surface area is 136 Å². The highest BCUT2D eigenvalue weighted by Crippen LogP contribution is 2.28. The van der Waals surface area contributed by atoms with Crippen molar-refractivity contribution in [2.45, 2.75) is 59.9 Å². The van der Waals surface area contributed by atoms with E-state index in [1.807, 2.05) is 13.8 Å². The highest BCUT2D eigenvalue weighted by molar-refractivity contribution is 5.41. The smallest absolute Gasteiger partial charge is 0.0528 e. The van der Waals surface area contributed by atoms with Gasteiger partial charge in [-0.05, 0) is 41.0 Å². The van der Waals surface area contributed by atoms with Gasteiger partial charge in [-0.3, -0.25) is 4.90 Å². The zero-order valence-electron chi connectivity index (χ0n) is 15.1. The van der Waals surface area contributed by atoms with Crippen LogP contribution in [0.15, 0.2) is 12.1 Å². The van der Waals surface area contributed by atoms with Crippen molar-refractivity contribution in [3.05, 3.63) is 34.4 Å². The maximum absolute atomic E-state index is 5.30. The lowest BCUT2D eigenvalue weighted by molar-refractivity contribution is -0.0480. The van der Waals surface area contributed by atoms with Gasteiger partial charge in [0, 0.05) is 25.6 Å². The van der Waals surface area contributed by atoms with Crippen molar-refractivity contribution in [1.29, 1.82) is 0 Å². The van der Waals surface area contributed by atoms with E-state index >= 15 is 0 Å². The Morgan fingerprint density at radius 2 is 1.91 bits per heavy atom. The minimum absolute atomic E-state index is 0.639. The van der Waals surface area contributed by atoms with Gasteiger partial charge in [0.25, 0.3) is 0 Å². The van der Waals surface area contributed by atoms with Crippen LogP contribution >= 0.6 is 0 Å². The summed E-state index contributed by atoms with van der Waals surface area (Å²) in [5.74, 6) is 1.41. The summed E-state index contributed by atoms with van der Waals surface area (Å²) < 4.78 is 5.30. The molecule has 0 atom stereocenters. The summed E-state index contributed by atoms with van der Waals surface area (Å²) in [5.41, 5.74) is 6.27. The molecule has 0 spiro atoms. The lowest BCUT2D eigenvalue weighted by Crippen LogP contribution is -2.41. The van der Waals surface area contributed by atoms with Crippen molar-refractivity contribution in [2.75, 3.05) is 26.3 Å². The second-order valence-electron chi connectivity index (χ2n) is 6.72. The van der Waals surface area contributed by atoms with Gasteiger partial charge in [0.15, 0.2) is 0 Å². The van der Waals surface area contributed by atoms with Crippen molar-refractivity contribution >= 4 is 0 Å². The highest BCUT2D eigenvalue weighted by atomic mass is 16.5. The summed E-state index contributed by atoms with van der Waals surface area (Å²) >= 11 is 0. The molecular formula is C20H33NO. The zero-order valence-corrected chi connectivity index (χ0v) is 15.1. The summed E-state index contributed by atoms with van der Waals surface area (Å²) in [6.07, 6.45) is 2.36. The second-order valence-corrected chi connectivity index (χ2v) is 6.72. The molecule has 2 aliphatic rings. The van der Waals surface area contributed by atoms with Crippen molar-refractivity contribution in [2.24, 2.45) is 5.92 Å². The average Bonchev–Trinajstić information content (AvgIpc) is 2.51. The van der Waals surface area contributed by atoms with Crippen molar-refractivity contribution in [3.8, 4) is 0 Å². The molecule has 0 radical (unpaired) electrons. The van der Waals surface area contributed by atoms with Crippen LogP contribution in [0.3, 0.4) is 0 Å². The first-order valence-electron chi connectivity index (χ1n) is 9.12. The molecule has 2 heterocycles. The fraction of sp³-hybridized carbons (Fsp3) is 0.700. The zero-order chi connectivity index (χ0) is 16.1. The van der Waals surface area contributed by atoms with Gasteiger partial charge in [-0.2, -0.15) is 0 Å². The molecule has 2 heteroatoms. The Morgan fingerprint density at radius 1 is 1.18 bits per heavy atom. The van der Waals surface area contributed by atoms with E-state index in [1.165, 1.54) is 19.5 Å². The van der Waals surface area contributed by atoms with Crippen LogP contribution in [0.5, 0.6) is 0 Å². The summed E-state index contributed by atoms with van der Waals surface area (Å²) in [7, 11) is 0. The van der Waals surface area contributed by atoms with E-state index in [-0.39, 0.29) is 0 Å². The molecule has 0 bridgehead atoms. The number of nitrogens with zero attached hydrogens (tertiary/aromatic N) is 1. The molecule has 1 aromatic carbocycles. The maximum Gasteiger partial charge on any atom is 0.0528 e. The fourth-order valence-electron chi connectivity index (χ4n) is 3.49. The normalized spacial score (nSPS) is 18.5. The van der Waals surface area contributed by atoms with Gasteiger partial charge in [-0.25, -0.2) is 0 Å². The van der Waals surface area contributed by atoms with Crippen LogP contribution in [0, 0.1) is 5.92 Å². The lowest BCUT2D eigenvalue weighted by Gasteiger charge is -2.35. The Balaban J connectivity index is 0.000000847. The Bertz CT molecular complexity index is 477. The minimum atomic E-state index is 0.639. The summed E-state index contributed by atoms with van der Waals surface area (Å²) in [5, 5.41) is 0. The van der Waals surface area contributed by atoms with E-state index in [1.54, 1.807) is 22.3 Å². The quantitative estimate of drug-likeness (QED) is 0.817. The number of fused-ring (bicyclic) bond motifs is 1. The second kappa shape index (κ2) is 8.12. The van der Waals surface area contributed by atoms with Crippen LogP contribution in [0.2, 0.25) is 0 Å². The third kappa shape index (κ3) is 3.91. The topological polar surface area (TPSA) is 12.5 Å². The Morgan fingerprint density at radius 3 is 2.45 bits per heavy atom. The standard InChI is InChI=1S/C18H27NO.C2H6/c1-4-15-7-17-10-19(9-14-11-20-12-14)6-5-16(17)8-18(15)13(2)3;1-2/h7-8,13-14H,4-6,9-12H2,1-3H3;1-2H3. The fourth-order valence-corrected chi connectivity index (χ4v) is 3.49. The summed E-state index contributed by atoms with van der Waals surface area (Å²) in [6.45, 7) is 16.4. The Hall–Kier alpha value is -0.860. The number of ether oxygens (including phenoxy) is 1. The van der Waals surface area contributed by atoms with Crippen molar-refractivity contribution < 1.29 is 4.74 Å². The molecule has 0 aliphatic carbocycles. The maximum atomic E-state index is 5.30.